The Kier molecular flexibility index (Phi) is 7.24. The molecule has 2 rings (SSSR count). The lowest BCUT2D eigenvalue weighted by Crippen LogP contribution is -2.21. The van der Waals surface area contributed by atoms with Crippen LogP contribution in [-0.2, 0) is 14.3 Å². The van der Waals surface area contributed by atoms with E-state index in [0.717, 1.165) is 5.56 Å². The van der Waals surface area contributed by atoms with E-state index in [1.165, 1.54) is 18.7 Å². The van der Waals surface area contributed by atoms with Crippen LogP contribution in [0.5, 0.6) is 0 Å². The quantitative estimate of drug-likeness (QED) is 0.567. The average Bonchev–Trinajstić information content (AvgIpc) is 2.61. The highest BCUT2D eigenvalue weighted by molar-refractivity contribution is 8.00. The van der Waals surface area contributed by atoms with E-state index in [9.17, 15) is 14.4 Å². The van der Waals surface area contributed by atoms with Crippen LogP contribution in [-0.4, -0.2) is 30.0 Å². The molecule has 0 fully saturated rings. The minimum atomic E-state index is -0.617. The highest BCUT2D eigenvalue weighted by Gasteiger charge is 2.15. The Hall–Kier alpha value is -2.31. The van der Waals surface area contributed by atoms with Gasteiger partial charge in [0.1, 0.15) is 5.78 Å². The molecule has 0 saturated carbocycles. The molecule has 0 aliphatic heterocycles. The molecular formula is C19H18ClNO4S. The summed E-state index contributed by atoms with van der Waals surface area (Å²) in [5, 5.41) is 3.16. The molecule has 5 nitrogen and oxygen atoms in total. The molecule has 0 aliphatic rings. The van der Waals surface area contributed by atoms with Crippen molar-refractivity contribution in [1.82, 2.24) is 0 Å². The van der Waals surface area contributed by atoms with Gasteiger partial charge in [0.05, 0.1) is 11.3 Å². The Morgan fingerprint density at radius 1 is 1.15 bits per heavy atom. The molecular weight excluding hydrogens is 374 g/mol. The summed E-state index contributed by atoms with van der Waals surface area (Å²) in [4.78, 5) is 36.0. The molecule has 0 unspecified atom stereocenters. The monoisotopic (exact) mass is 391 g/mol. The zero-order valence-corrected chi connectivity index (χ0v) is 15.9. The zero-order valence-electron chi connectivity index (χ0n) is 14.4. The molecule has 1 N–H and O–H groups in total. The van der Waals surface area contributed by atoms with E-state index in [0.29, 0.717) is 21.2 Å². The maximum absolute atomic E-state index is 12.2. The number of carbonyl (C=O) groups excluding carboxylic acids is 3. The topological polar surface area (TPSA) is 72.5 Å². The van der Waals surface area contributed by atoms with Gasteiger partial charge in [-0.2, -0.15) is 0 Å². The predicted molar refractivity (Wildman–Crippen MR) is 103 cm³/mol. The fourth-order valence-corrected chi connectivity index (χ4v) is 3.04. The van der Waals surface area contributed by atoms with E-state index in [2.05, 4.69) is 5.32 Å². The molecule has 0 heterocycles. The van der Waals surface area contributed by atoms with Crippen LogP contribution in [0.15, 0.2) is 47.4 Å². The molecule has 2 aromatic rings. The lowest BCUT2D eigenvalue weighted by Gasteiger charge is -2.10. The summed E-state index contributed by atoms with van der Waals surface area (Å²) in [5.41, 5.74) is 1.75. The summed E-state index contributed by atoms with van der Waals surface area (Å²) in [6, 6.07) is 11.9. The largest absolute Gasteiger partial charge is 0.452 e. The van der Waals surface area contributed by atoms with Crippen molar-refractivity contribution in [3.63, 3.8) is 0 Å². The number of rotatable bonds is 7. The highest BCUT2D eigenvalue weighted by Crippen LogP contribution is 2.23. The number of aryl methyl sites for hydroxylation is 1. The van der Waals surface area contributed by atoms with Crippen LogP contribution < -0.4 is 5.32 Å². The number of amides is 1. The smallest absolute Gasteiger partial charge is 0.339 e. The number of ether oxygens (including phenoxy) is 1. The SMILES string of the molecule is CC(=O)CSc1ccccc1C(=O)OCC(=O)Nc1ccc(C)c(Cl)c1. The first-order valence-electron chi connectivity index (χ1n) is 7.81. The number of thioether (sulfide) groups is 1. The standard InChI is InChI=1S/C19H18ClNO4S/c1-12-7-8-14(9-16(12)20)21-18(23)10-25-19(24)15-5-3-4-6-17(15)26-11-13(2)22/h3-9H,10-11H2,1-2H3,(H,21,23). The van der Waals surface area contributed by atoms with Gasteiger partial charge in [0.25, 0.3) is 5.91 Å². The molecule has 0 radical (unpaired) electrons. The van der Waals surface area contributed by atoms with E-state index in [1.54, 1.807) is 42.5 Å². The van der Waals surface area contributed by atoms with Gasteiger partial charge in [0.15, 0.2) is 6.61 Å². The summed E-state index contributed by atoms with van der Waals surface area (Å²) in [7, 11) is 0. The lowest BCUT2D eigenvalue weighted by molar-refractivity contribution is -0.119. The van der Waals surface area contributed by atoms with Crippen LogP contribution in [0.3, 0.4) is 0 Å². The number of hydrogen-bond acceptors (Lipinski definition) is 5. The number of benzene rings is 2. The maximum atomic E-state index is 12.2. The molecule has 0 spiro atoms. The summed E-state index contributed by atoms with van der Waals surface area (Å²) < 4.78 is 5.08. The van der Waals surface area contributed by atoms with Crippen LogP contribution >= 0.6 is 23.4 Å². The van der Waals surface area contributed by atoms with E-state index < -0.39 is 18.5 Å². The van der Waals surface area contributed by atoms with Gasteiger partial charge in [-0.15, -0.1) is 11.8 Å². The van der Waals surface area contributed by atoms with Gasteiger partial charge in [0.2, 0.25) is 0 Å². The minimum Gasteiger partial charge on any atom is -0.452 e. The van der Waals surface area contributed by atoms with Gasteiger partial charge in [-0.3, -0.25) is 9.59 Å². The van der Waals surface area contributed by atoms with Crippen LogP contribution in [0.1, 0.15) is 22.8 Å². The first-order valence-corrected chi connectivity index (χ1v) is 9.17. The summed E-state index contributed by atoms with van der Waals surface area (Å²) in [6.45, 7) is 2.92. The van der Waals surface area contributed by atoms with E-state index in [1.807, 2.05) is 6.92 Å². The zero-order chi connectivity index (χ0) is 19.1. The minimum absolute atomic E-state index is 0.00862. The van der Waals surface area contributed by atoms with Crippen molar-refractivity contribution in [2.45, 2.75) is 18.7 Å². The van der Waals surface area contributed by atoms with Crippen LogP contribution in [0.25, 0.3) is 0 Å². The average molecular weight is 392 g/mol. The van der Waals surface area contributed by atoms with Crippen molar-refractivity contribution >= 4 is 46.7 Å². The second-order valence-corrected chi connectivity index (χ2v) is 7.00. The fraction of sp³-hybridized carbons (Fsp3) is 0.211. The van der Waals surface area contributed by atoms with Gasteiger partial charge in [-0.1, -0.05) is 29.8 Å². The third-order valence-electron chi connectivity index (χ3n) is 3.33. The van der Waals surface area contributed by atoms with Crippen molar-refractivity contribution in [2.24, 2.45) is 0 Å². The van der Waals surface area contributed by atoms with Crippen molar-refractivity contribution in [3.8, 4) is 0 Å². The number of carbonyl (C=O) groups is 3. The number of hydrogen-bond donors (Lipinski definition) is 1. The highest BCUT2D eigenvalue weighted by atomic mass is 35.5. The molecule has 2 aromatic carbocycles. The first-order chi connectivity index (χ1) is 12.4. The molecule has 26 heavy (non-hydrogen) atoms. The van der Waals surface area contributed by atoms with Gasteiger partial charge < -0.3 is 10.1 Å². The Labute approximate surface area is 161 Å². The Bertz CT molecular complexity index is 838. The molecule has 0 aliphatic carbocycles. The van der Waals surface area contributed by atoms with Crippen molar-refractivity contribution in [3.05, 3.63) is 58.6 Å². The van der Waals surface area contributed by atoms with Crippen LogP contribution in [0.4, 0.5) is 5.69 Å². The number of Topliss-reactive ketones (excluding diaryl/α,β-unsaturated/α-hetero) is 1. The van der Waals surface area contributed by atoms with Crippen molar-refractivity contribution < 1.29 is 19.1 Å². The fourth-order valence-electron chi connectivity index (χ4n) is 2.02. The maximum Gasteiger partial charge on any atom is 0.339 e. The Morgan fingerprint density at radius 2 is 1.88 bits per heavy atom. The number of anilines is 1. The third kappa shape index (κ3) is 5.89. The Morgan fingerprint density at radius 3 is 2.58 bits per heavy atom. The predicted octanol–water partition coefficient (Wildman–Crippen LogP) is 4.13. The van der Waals surface area contributed by atoms with Crippen LogP contribution in [0.2, 0.25) is 5.02 Å². The van der Waals surface area contributed by atoms with Gasteiger partial charge in [-0.25, -0.2) is 4.79 Å². The van der Waals surface area contributed by atoms with Crippen LogP contribution in [0, 0.1) is 6.92 Å². The van der Waals surface area contributed by atoms with Crippen molar-refractivity contribution in [2.75, 3.05) is 17.7 Å². The molecule has 0 aromatic heterocycles. The van der Waals surface area contributed by atoms with E-state index in [4.69, 9.17) is 16.3 Å². The molecule has 0 atom stereocenters. The molecule has 1 amide bonds. The van der Waals surface area contributed by atoms with Gasteiger partial charge in [0, 0.05) is 15.6 Å². The third-order valence-corrected chi connectivity index (χ3v) is 4.95. The van der Waals surface area contributed by atoms with E-state index in [-0.39, 0.29) is 11.5 Å². The molecule has 0 bridgehead atoms. The number of halogens is 1. The lowest BCUT2D eigenvalue weighted by atomic mass is 10.2. The number of esters is 1. The second kappa shape index (κ2) is 9.40. The van der Waals surface area contributed by atoms with Crippen molar-refractivity contribution in [1.29, 1.82) is 0 Å². The molecule has 0 saturated heterocycles. The second-order valence-electron chi connectivity index (χ2n) is 5.58. The summed E-state index contributed by atoms with van der Waals surface area (Å²) in [6.07, 6.45) is 0. The number of nitrogens with one attached hydrogen (secondary N) is 1. The van der Waals surface area contributed by atoms with Gasteiger partial charge in [-0.05, 0) is 43.7 Å². The Balaban J connectivity index is 1.94. The number of ketones is 1. The molecule has 7 heteroatoms. The summed E-state index contributed by atoms with van der Waals surface area (Å²) >= 11 is 7.27. The van der Waals surface area contributed by atoms with E-state index >= 15 is 0 Å². The molecule has 136 valence electrons. The first kappa shape index (κ1) is 20.0. The van der Waals surface area contributed by atoms with Gasteiger partial charge >= 0.3 is 5.97 Å². The summed E-state index contributed by atoms with van der Waals surface area (Å²) in [5.74, 6) is -0.811. The normalized spacial score (nSPS) is 10.3.